The van der Waals surface area contributed by atoms with E-state index in [4.69, 9.17) is 16.3 Å². The molecule has 0 spiro atoms. The highest BCUT2D eigenvalue weighted by Gasteiger charge is 2.45. The maximum absolute atomic E-state index is 13.1. The Kier molecular flexibility index (Phi) is 13.0. The fourth-order valence-electron chi connectivity index (χ4n) is 10.8. The maximum atomic E-state index is 13.1. The van der Waals surface area contributed by atoms with Crippen LogP contribution in [-0.2, 0) is 25.7 Å². The summed E-state index contributed by atoms with van der Waals surface area (Å²) >= 11 is 6.36. The molecule has 0 radical (unpaired) electrons. The Morgan fingerprint density at radius 1 is 0.806 bits per heavy atom. The number of imide groups is 1. The largest absolute Gasteiger partial charge is 0.492 e. The molecule has 4 aromatic rings. The molecule has 0 saturated carbocycles. The van der Waals surface area contributed by atoms with Crippen molar-refractivity contribution in [3.8, 4) is 5.75 Å². The number of aldehydes is 1. The van der Waals surface area contributed by atoms with Crippen LogP contribution in [0, 0.1) is 5.92 Å². The summed E-state index contributed by atoms with van der Waals surface area (Å²) in [5.41, 5.74) is 8.78. The molecule has 2 amide bonds. The fourth-order valence-corrected chi connectivity index (χ4v) is 10.9. The van der Waals surface area contributed by atoms with E-state index >= 15 is 0 Å². The third kappa shape index (κ3) is 9.02. The number of Topliss-reactive ketones (excluding diaryl/α,β-unsaturated/α-hetero) is 1. The van der Waals surface area contributed by atoms with E-state index in [0.29, 0.717) is 49.7 Å². The summed E-state index contributed by atoms with van der Waals surface area (Å²) in [6, 6.07) is 35.3. The minimum Gasteiger partial charge on any atom is -0.492 e. The van der Waals surface area contributed by atoms with Crippen molar-refractivity contribution in [3.05, 3.63) is 131 Å². The number of halogens is 1. The minimum absolute atomic E-state index is 0.219. The van der Waals surface area contributed by atoms with Crippen LogP contribution < -0.4 is 15.0 Å². The van der Waals surface area contributed by atoms with Gasteiger partial charge in [-0.3, -0.25) is 39.2 Å². The van der Waals surface area contributed by atoms with Gasteiger partial charge in [0.25, 0.3) is 0 Å². The predicted octanol–water partition coefficient (Wildman–Crippen LogP) is 7.15. The smallest absolute Gasteiger partial charge is 0.243 e. The van der Waals surface area contributed by atoms with Crippen LogP contribution in [0.5, 0.6) is 5.75 Å². The lowest BCUT2D eigenvalue weighted by Crippen LogP contribution is -2.63. The zero-order valence-corrected chi connectivity index (χ0v) is 36.1. The number of hydrogen-bond donors (Lipinski definition) is 1. The molecule has 62 heavy (non-hydrogen) atoms. The molecule has 5 fully saturated rings. The molecule has 1 N–H and O–H groups in total. The lowest BCUT2D eigenvalue weighted by molar-refractivity contribution is -0.141. The van der Waals surface area contributed by atoms with Gasteiger partial charge in [0.05, 0.1) is 6.04 Å². The fraction of sp³-hybridized carbons (Fsp3) is 0.412. The van der Waals surface area contributed by atoms with Gasteiger partial charge in [-0.05, 0) is 121 Å². The first kappa shape index (κ1) is 42.2. The lowest BCUT2D eigenvalue weighted by atomic mass is 9.87. The molecule has 10 rings (SSSR count). The number of carbonyl (C=O) groups is 4. The number of amides is 2. The molecule has 10 nitrogen and oxygen atoms in total. The van der Waals surface area contributed by atoms with Gasteiger partial charge < -0.3 is 9.64 Å². The molecule has 11 heteroatoms. The average Bonchev–Trinajstić information content (AvgIpc) is 3.69. The summed E-state index contributed by atoms with van der Waals surface area (Å²) in [6.07, 6.45) is 6.39. The first-order chi connectivity index (χ1) is 30.4. The summed E-state index contributed by atoms with van der Waals surface area (Å²) in [5, 5.41) is 2.41. The van der Waals surface area contributed by atoms with Crippen LogP contribution in [0.15, 0.2) is 103 Å². The summed E-state index contributed by atoms with van der Waals surface area (Å²) in [4.78, 5) is 59.1. The number of allylic oxidation sites excluding steroid dienone is 1. The molecule has 0 aliphatic carbocycles. The highest BCUT2D eigenvalue weighted by atomic mass is 35.5. The zero-order valence-electron chi connectivity index (χ0n) is 35.3. The molecule has 0 aromatic heterocycles. The van der Waals surface area contributed by atoms with E-state index in [1.165, 1.54) is 41.5 Å². The van der Waals surface area contributed by atoms with Gasteiger partial charge in [0.1, 0.15) is 18.4 Å². The Morgan fingerprint density at radius 2 is 1.52 bits per heavy atom. The van der Waals surface area contributed by atoms with Gasteiger partial charge in [0.2, 0.25) is 17.6 Å². The van der Waals surface area contributed by atoms with Crippen LogP contribution in [0.25, 0.3) is 11.1 Å². The van der Waals surface area contributed by atoms with Crippen molar-refractivity contribution in [2.24, 2.45) is 5.92 Å². The quantitative estimate of drug-likeness (QED) is 0.0440. The van der Waals surface area contributed by atoms with Crippen molar-refractivity contribution in [1.82, 2.24) is 20.0 Å². The van der Waals surface area contributed by atoms with Crippen LogP contribution in [0.1, 0.15) is 78.8 Å². The van der Waals surface area contributed by atoms with E-state index in [2.05, 4.69) is 117 Å². The van der Waals surface area contributed by atoms with Gasteiger partial charge >= 0.3 is 0 Å². The Balaban J connectivity index is 0.765. The number of carbonyl (C=O) groups excluding carboxylic acids is 4. The van der Waals surface area contributed by atoms with Crippen molar-refractivity contribution < 1.29 is 23.9 Å². The lowest BCUT2D eigenvalue weighted by Gasteiger charge is -2.53. The molecule has 6 aliphatic heterocycles. The second kappa shape index (κ2) is 19.1. The second-order valence-corrected chi connectivity index (χ2v) is 18.0. The number of nitrogens with zero attached hydrogens (tertiary/aromatic N) is 4. The minimum atomic E-state index is -0.814. The van der Waals surface area contributed by atoms with Crippen LogP contribution in [-0.4, -0.2) is 108 Å². The van der Waals surface area contributed by atoms with E-state index in [1.54, 1.807) is 4.90 Å². The molecule has 5 saturated heterocycles. The number of alkyl halides is 1. The van der Waals surface area contributed by atoms with Crippen molar-refractivity contribution in [3.63, 3.8) is 0 Å². The van der Waals surface area contributed by atoms with Gasteiger partial charge in [0, 0.05) is 62.8 Å². The van der Waals surface area contributed by atoms with Crippen LogP contribution >= 0.6 is 11.6 Å². The Hall–Kier alpha value is -5.13. The summed E-state index contributed by atoms with van der Waals surface area (Å²) in [6.45, 7) is 7.22. The standard InChI is InChI=1S/C51H56ClN5O5/c52-24-21-44(36-7-3-1-4-8-36)49(37-9-5-2-6-10-37)38-12-17-43(18-13-38)62-28-27-54-25-22-35(23-26-54)30-55-32-42-16-15-41(55)33-56(42)40-14-11-39-31-57(46-19-20-48(60)53-51(46)61)50(45(39)29-40)47(59)34-58/h1-14,17-18,29,34-35,41-42,46,50H,15-16,19-28,30-33H2,(H,53,60,61). The van der Waals surface area contributed by atoms with Gasteiger partial charge in [-0.15, -0.1) is 11.6 Å². The van der Waals surface area contributed by atoms with E-state index in [0.717, 1.165) is 80.2 Å². The topological polar surface area (TPSA) is 102 Å². The first-order valence-corrected chi connectivity index (χ1v) is 23.0. The van der Waals surface area contributed by atoms with E-state index in [-0.39, 0.29) is 12.3 Å². The molecule has 6 heterocycles. The normalized spacial score (nSPS) is 23.8. The number of benzene rings is 4. The molecule has 4 atom stereocenters. The van der Waals surface area contributed by atoms with Gasteiger partial charge in [-0.25, -0.2) is 0 Å². The molecular formula is C51H56ClN5O5. The number of piperazine rings is 1. The number of nitrogens with one attached hydrogen (secondary N) is 1. The number of likely N-dealkylation sites (tertiary alicyclic amines) is 1. The number of rotatable bonds is 15. The highest BCUT2D eigenvalue weighted by molar-refractivity contribution is 6.27. The molecule has 322 valence electrons. The van der Waals surface area contributed by atoms with Crippen molar-refractivity contribution in [2.75, 3.05) is 56.7 Å². The number of hydrogen-bond acceptors (Lipinski definition) is 9. The summed E-state index contributed by atoms with van der Waals surface area (Å²) in [5.74, 6) is 0.852. The van der Waals surface area contributed by atoms with E-state index < -0.39 is 23.8 Å². The molecule has 6 aliphatic rings. The predicted molar refractivity (Wildman–Crippen MR) is 243 cm³/mol. The van der Waals surface area contributed by atoms with Crippen molar-refractivity contribution >= 4 is 52.3 Å². The molecule has 4 aromatic carbocycles. The summed E-state index contributed by atoms with van der Waals surface area (Å²) < 4.78 is 6.31. The number of anilines is 1. The Morgan fingerprint density at radius 3 is 2.19 bits per heavy atom. The number of fused-ring (bicyclic) bond motifs is 4. The number of piperidine rings is 4. The SMILES string of the molecule is O=CC(=O)C1c2cc(N3CC4CCC3CN4CC3CCN(CCOc4ccc(C(=C(CCCl)c5ccccc5)c5ccccc5)cc4)CC3)ccc2CN1C1CCC(=O)NC1=O. The Bertz CT molecular complexity index is 2280. The number of ether oxygens (including phenoxy) is 1. The highest BCUT2D eigenvalue weighted by Crippen LogP contribution is 2.42. The van der Waals surface area contributed by atoms with Crippen molar-refractivity contribution in [1.29, 1.82) is 0 Å². The van der Waals surface area contributed by atoms with Gasteiger partial charge in [-0.2, -0.15) is 0 Å². The zero-order chi connectivity index (χ0) is 42.6. The average molecular weight is 854 g/mol. The maximum Gasteiger partial charge on any atom is 0.243 e. The van der Waals surface area contributed by atoms with Gasteiger partial charge in [0.15, 0.2) is 6.29 Å². The summed E-state index contributed by atoms with van der Waals surface area (Å²) in [7, 11) is 0. The second-order valence-electron chi connectivity index (χ2n) is 17.6. The van der Waals surface area contributed by atoms with Crippen LogP contribution in [0.2, 0.25) is 0 Å². The van der Waals surface area contributed by atoms with E-state index in [9.17, 15) is 19.2 Å². The van der Waals surface area contributed by atoms with E-state index in [1.807, 2.05) is 6.07 Å². The third-order valence-corrected chi connectivity index (χ3v) is 14.1. The third-order valence-electron chi connectivity index (χ3n) is 13.9. The molecule has 4 unspecified atom stereocenters. The monoisotopic (exact) mass is 853 g/mol. The Labute approximate surface area is 369 Å². The van der Waals surface area contributed by atoms with Crippen LogP contribution in [0.3, 0.4) is 0 Å². The number of ketones is 1. The van der Waals surface area contributed by atoms with Crippen molar-refractivity contribution in [2.45, 2.75) is 75.7 Å². The first-order valence-electron chi connectivity index (χ1n) is 22.4. The van der Waals surface area contributed by atoms with Crippen LogP contribution in [0.4, 0.5) is 5.69 Å². The molecule has 2 bridgehead atoms. The van der Waals surface area contributed by atoms with Gasteiger partial charge in [-0.1, -0.05) is 78.9 Å². The molecular weight excluding hydrogens is 798 g/mol.